The summed E-state index contributed by atoms with van der Waals surface area (Å²) in [7, 11) is 0. The van der Waals surface area contributed by atoms with E-state index in [2.05, 4.69) is 16.7 Å². The van der Waals surface area contributed by atoms with Gasteiger partial charge in [0.2, 0.25) is 0 Å². The van der Waals surface area contributed by atoms with E-state index in [4.69, 9.17) is 11.6 Å². The Morgan fingerprint density at radius 3 is 2.62 bits per heavy atom. The van der Waals surface area contributed by atoms with E-state index in [-0.39, 0.29) is 0 Å². The van der Waals surface area contributed by atoms with Crippen LogP contribution in [0.5, 0.6) is 0 Å². The fraction of sp³-hybridized carbons (Fsp3) is 0.538. The molecule has 3 rings (SSSR count). The summed E-state index contributed by atoms with van der Waals surface area (Å²) in [5, 5.41) is 7.90. The van der Waals surface area contributed by atoms with Crippen molar-refractivity contribution in [1.29, 1.82) is 0 Å². The van der Waals surface area contributed by atoms with E-state index in [1.807, 2.05) is 12.1 Å². The molecule has 0 bridgehead atoms. The zero-order valence-corrected chi connectivity index (χ0v) is 10.1. The summed E-state index contributed by atoms with van der Waals surface area (Å²) in [5.41, 5.74) is 2.67. The van der Waals surface area contributed by atoms with Gasteiger partial charge < -0.3 is 10.6 Å². The number of halogens is 1. The van der Waals surface area contributed by atoms with E-state index in [9.17, 15) is 0 Å². The summed E-state index contributed by atoms with van der Waals surface area (Å²) in [6, 6.07) is 6.05. The molecular formula is C13H17ClN2. The molecule has 1 spiro atoms. The number of fused-ring (bicyclic) bond motifs is 1. The van der Waals surface area contributed by atoms with E-state index < -0.39 is 0 Å². The number of benzene rings is 1. The Morgan fingerprint density at radius 2 is 1.81 bits per heavy atom. The molecule has 0 aromatic heterocycles. The van der Waals surface area contributed by atoms with Crippen LogP contribution in [0.25, 0.3) is 0 Å². The quantitative estimate of drug-likeness (QED) is 0.717. The van der Waals surface area contributed by atoms with Crippen LogP contribution < -0.4 is 10.6 Å². The van der Waals surface area contributed by atoms with Crippen molar-refractivity contribution in [3.8, 4) is 0 Å². The molecule has 86 valence electrons. The standard InChI is InChI=1S/C13H17ClN2/c14-10-4-3-5-11-12(10)16-9-13(8-15-11)6-1-2-7-13/h3-5,15-16H,1-2,6-9H2. The number of hydrogen-bond acceptors (Lipinski definition) is 2. The molecule has 0 radical (unpaired) electrons. The Balaban J connectivity index is 1.89. The maximum atomic E-state index is 6.21. The van der Waals surface area contributed by atoms with Crippen LogP contribution in [0.3, 0.4) is 0 Å². The topological polar surface area (TPSA) is 24.1 Å². The highest BCUT2D eigenvalue weighted by Crippen LogP contribution is 2.42. The predicted molar refractivity (Wildman–Crippen MR) is 69.3 cm³/mol. The lowest BCUT2D eigenvalue weighted by molar-refractivity contribution is 0.346. The molecule has 1 aliphatic carbocycles. The van der Waals surface area contributed by atoms with E-state index in [1.54, 1.807) is 0 Å². The molecule has 1 aliphatic heterocycles. The minimum atomic E-state index is 0.447. The molecule has 1 aromatic rings. The van der Waals surface area contributed by atoms with Crippen molar-refractivity contribution in [3.05, 3.63) is 23.2 Å². The van der Waals surface area contributed by atoms with Gasteiger partial charge in [0.15, 0.2) is 0 Å². The van der Waals surface area contributed by atoms with Crippen LogP contribution in [0, 0.1) is 5.41 Å². The van der Waals surface area contributed by atoms with Gasteiger partial charge in [-0.05, 0) is 25.0 Å². The third-order valence-electron chi connectivity index (χ3n) is 3.97. The number of para-hydroxylation sites is 1. The lowest BCUT2D eigenvalue weighted by atomic mass is 9.86. The molecule has 1 saturated carbocycles. The van der Waals surface area contributed by atoms with Crippen molar-refractivity contribution in [3.63, 3.8) is 0 Å². The molecule has 2 nitrogen and oxygen atoms in total. The summed E-state index contributed by atoms with van der Waals surface area (Å²) in [6.45, 7) is 2.13. The third-order valence-corrected chi connectivity index (χ3v) is 4.29. The highest BCUT2D eigenvalue weighted by Gasteiger charge is 2.35. The molecule has 1 heterocycles. The van der Waals surface area contributed by atoms with Crippen LogP contribution in [-0.4, -0.2) is 13.1 Å². The second-order valence-corrected chi connectivity index (χ2v) is 5.48. The number of nitrogens with one attached hydrogen (secondary N) is 2. The maximum absolute atomic E-state index is 6.21. The molecule has 1 fully saturated rings. The van der Waals surface area contributed by atoms with Gasteiger partial charge in [0.25, 0.3) is 0 Å². The van der Waals surface area contributed by atoms with Crippen LogP contribution in [0.2, 0.25) is 5.02 Å². The van der Waals surface area contributed by atoms with Crippen molar-refractivity contribution >= 4 is 23.0 Å². The molecular weight excluding hydrogens is 220 g/mol. The van der Waals surface area contributed by atoms with Crippen molar-refractivity contribution in [2.45, 2.75) is 25.7 Å². The van der Waals surface area contributed by atoms with Gasteiger partial charge in [0, 0.05) is 18.5 Å². The second-order valence-electron chi connectivity index (χ2n) is 5.08. The highest BCUT2D eigenvalue weighted by atomic mass is 35.5. The van der Waals surface area contributed by atoms with Gasteiger partial charge in [-0.25, -0.2) is 0 Å². The van der Waals surface area contributed by atoms with Crippen LogP contribution >= 0.6 is 11.6 Å². The van der Waals surface area contributed by atoms with Crippen molar-refractivity contribution in [1.82, 2.24) is 0 Å². The Morgan fingerprint density at radius 1 is 1.06 bits per heavy atom. The summed E-state index contributed by atoms with van der Waals surface area (Å²) >= 11 is 6.21. The monoisotopic (exact) mass is 236 g/mol. The first-order valence-corrected chi connectivity index (χ1v) is 6.43. The Labute approximate surface area is 101 Å². The highest BCUT2D eigenvalue weighted by molar-refractivity contribution is 6.34. The van der Waals surface area contributed by atoms with E-state index in [0.29, 0.717) is 5.41 Å². The Hall–Kier alpha value is -0.890. The molecule has 0 atom stereocenters. The molecule has 0 unspecified atom stereocenters. The van der Waals surface area contributed by atoms with Gasteiger partial charge in [0.1, 0.15) is 0 Å². The van der Waals surface area contributed by atoms with Gasteiger partial charge in [-0.15, -0.1) is 0 Å². The van der Waals surface area contributed by atoms with Crippen LogP contribution in [0.1, 0.15) is 25.7 Å². The predicted octanol–water partition coefficient (Wildman–Crippen LogP) is 3.74. The lowest BCUT2D eigenvalue weighted by Crippen LogP contribution is -2.31. The van der Waals surface area contributed by atoms with Gasteiger partial charge in [-0.1, -0.05) is 30.5 Å². The fourth-order valence-corrected chi connectivity index (χ4v) is 3.19. The summed E-state index contributed by atoms with van der Waals surface area (Å²) in [6.07, 6.45) is 5.40. The molecule has 2 N–H and O–H groups in total. The number of hydrogen-bond donors (Lipinski definition) is 2. The van der Waals surface area contributed by atoms with Crippen molar-refractivity contribution in [2.75, 3.05) is 23.7 Å². The first-order valence-electron chi connectivity index (χ1n) is 6.05. The normalized spacial score (nSPS) is 22.1. The van der Waals surface area contributed by atoms with Crippen molar-refractivity contribution < 1.29 is 0 Å². The summed E-state index contributed by atoms with van der Waals surface area (Å²) < 4.78 is 0. The number of anilines is 2. The Bertz CT molecular complexity index is 397. The van der Waals surface area contributed by atoms with Crippen LogP contribution in [-0.2, 0) is 0 Å². The van der Waals surface area contributed by atoms with E-state index >= 15 is 0 Å². The Kier molecular flexibility index (Phi) is 2.47. The average Bonchev–Trinajstić information content (AvgIpc) is 2.65. The largest absolute Gasteiger partial charge is 0.383 e. The van der Waals surface area contributed by atoms with Crippen molar-refractivity contribution in [2.24, 2.45) is 5.41 Å². The van der Waals surface area contributed by atoms with Gasteiger partial charge in [-0.3, -0.25) is 0 Å². The molecule has 1 aromatic carbocycles. The van der Waals surface area contributed by atoms with E-state index in [0.717, 1.165) is 29.5 Å². The molecule has 16 heavy (non-hydrogen) atoms. The third kappa shape index (κ3) is 1.65. The minimum absolute atomic E-state index is 0.447. The maximum Gasteiger partial charge on any atom is 0.0765 e. The summed E-state index contributed by atoms with van der Waals surface area (Å²) in [4.78, 5) is 0. The van der Waals surface area contributed by atoms with Crippen LogP contribution in [0.4, 0.5) is 11.4 Å². The number of rotatable bonds is 0. The van der Waals surface area contributed by atoms with Crippen LogP contribution in [0.15, 0.2) is 18.2 Å². The zero-order chi connectivity index (χ0) is 11.0. The second kappa shape index (κ2) is 3.85. The van der Waals surface area contributed by atoms with Gasteiger partial charge in [-0.2, -0.15) is 0 Å². The van der Waals surface area contributed by atoms with Gasteiger partial charge in [0.05, 0.1) is 16.4 Å². The lowest BCUT2D eigenvalue weighted by Gasteiger charge is -2.27. The van der Waals surface area contributed by atoms with E-state index in [1.165, 1.54) is 25.7 Å². The molecule has 0 amide bonds. The summed E-state index contributed by atoms with van der Waals surface area (Å²) in [5.74, 6) is 0. The molecule has 3 heteroatoms. The first kappa shape index (κ1) is 10.3. The smallest absolute Gasteiger partial charge is 0.0765 e. The molecule has 2 aliphatic rings. The molecule has 0 saturated heterocycles. The zero-order valence-electron chi connectivity index (χ0n) is 9.35. The SMILES string of the molecule is Clc1cccc2c1NCC1(CCCC1)CN2. The minimum Gasteiger partial charge on any atom is -0.383 e. The average molecular weight is 237 g/mol. The van der Waals surface area contributed by atoms with Gasteiger partial charge >= 0.3 is 0 Å². The first-order chi connectivity index (χ1) is 7.79. The fourth-order valence-electron chi connectivity index (χ4n) is 2.95.